The summed E-state index contributed by atoms with van der Waals surface area (Å²) in [7, 11) is 0. The van der Waals surface area contributed by atoms with E-state index in [0.29, 0.717) is 5.58 Å². The summed E-state index contributed by atoms with van der Waals surface area (Å²) in [6.45, 7) is 1.60. The van der Waals surface area contributed by atoms with Crippen LogP contribution in [0.5, 0.6) is 5.75 Å². The summed E-state index contributed by atoms with van der Waals surface area (Å²) in [5, 5.41) is 0. The molecule has 5 rings (SSSR count). The normalized spacial score (nSPS) is 14.1. The molecular weight excluding hydrogens is 292 g/mol. The molecule has 1 aliphatic rings. The monoisotopic (exact) mass is 306 g/mol. The van der Waals surface area contributed by atoms with Gasteiger partial charge in [-0.3, -0.25) is 0 Å². The van der Waals surface area contributed by atoms with E-state index in [9.17, 15) is 0 Å². The fraction of sp³-hybridized carbons (Fsp3) is 0.176. The maximum Gasteiger partial charge on any atom is 0.292 e. The van der Waals surface area contributed by atoms with Crippen LogP contribution in [0.1, 0.15) is 6.42 Å². The average molecular weight is 306 g/mol. The van der Waals surface area contributed by atoms with E-state index in [1.54, 1.807) is 0 Å². The van der Waals surface area contributed by atoms with Crippen LogP contribution in [0.3, 0.4) is 0 Å². The highest BCUT2D eigenvalue weighted by Crippen LogP contribution is 2.34. The summed E-state index contributed by atoms with van der Waals surface area (Å²) in [5.41, 5.74) is 10.0. The third kappa shape index (κ3) is 1.81. The molecule has 6 nitrogen and oxygen atoms in total. The van der Waals surface area contributed by atoms with Gasteiger partial charge in [0.25, 0.3) is 6.01 Å². The molecule has 0 aliphatic carbocycles. The van der Waals surface area contributed by atoms with E-state index in [1.807, 2.05) is 36.4 Å². The zero-order valence-electron chi connectivity index (χ0n) is 12.3. The first-order valence-electron chi connectivity index (χ1n) is 7.58. The van der Waals surface area contributed by atoms with Crippen molar-refractivity contribution in [1.29, 1.82) is 0 Å². The molecule has 0 radical (unpaired) electrons. The van der Waals surface area contributed by atoms with Crippen molar-refractivity contribution in [1.82, 2.24) is 14.5 Å². The molecule has 2 aromatic carbocycles. The van der Waals surface area contributed by atoms with Crippen LogP contribution in [0.15, 0.2) is 40.8 Å². The quantitative estimate of drug-likeness (QED) is 0.584. The van der Waals surface area contributed by atoms with Crippen molar-refractivity contribution >= 4 is 28.1 Å². The third-order valence-corrected chi connectivity index (χ3v) is 4.18. The van der Waals surface area contributed by atoms with Gasteiger partial charge in [-0.05, 0) is 36.8 Å². The molecule has 0 fully saturated rings. The van der Waals surface area contributed by atoms with Gasteiger partial charge in [0.15, 0.2) is 5.58 Å². The van der Waals surface area contributed by atoms with Gasteiger partial charge in [0.05, 0.1) is 12.1 Å². The van der Waals surface area contributed by atoms with E-state index in [0.717, 1.165) is 53.3 Å². The summed E-state index contributed by atoms with van der Waals surface area (Å²) in [5.74, 6) is 1.81. The van der Waals surface area contributed by atoms with Crippen molar-refractivity contribution in [2.75, 3.05) is 12.3 Å². The minimum Gasteiger partial charge on any atom is -0.491 e. The van der Waals surface area contributed by atoms with Crippen LogP contribution in [0.4, 0.5) is 6.01 Å². The number of aromatic nitrogens is 3. The Morgan fingerprint density at radius 3 is 3.00 bits per heavy atom. The molecule has 2 aromatic heterocycles. The van der Waals surface area contributed by atoms with Crippen LogP contribution in [0.25, 0.3) is 33.5 Å². The van der Waals surface area contributed by atoms with Gasteiger partial charge in [0.1, 0.15) is 22.6 Å². The molecule has 4 aromatic rings. The minimum atomic E-state index is 0.180. The molecule has 0 saturated carbocycles. The maximum atomic E-state index is 5.84. The lowest BCUT2D eigenvalue weighted by atomic mass is 10.2. The first kappa shape index (κ1) is 12.5. The summed E-state index contributed by atoms with van der Waals surface area (Å²) < 4.78 is 13.4. The Kier molecular flexibility index (Phi) is 2.44. The van der Waals surface area contributed by atoms with E-state index in [4.69, 9.17) is 19.9 Å². The van der Waals surface area contributed by atoms with Crippen LogP contribution in [-0.2, 0) is 6.54 Å². The number of hydrogen-bond acceptors (Lipinski definition) is 5. The van der Waals surface area contributed by atoms with Gasteiger partial charge < -0.3 is 19.5 Å². The largest absolute Gasteiger partial charge is 0.491 e. The highest BCUT2D eigenvalue weighted by Gasteiger charge is 2.19. The smallest absolute Gasteiger partial charge is 0.292 e. The first-order chi connectivity index (χ1) is 11.3. The van der Waals surface area contributed by atoms with Crippen LogP contribution < -0.4 is 10.5 Å². The standard InChI is InChI=1S/C17H14N4O2/c18-17-20-12-9-10(5-6-13(12)23-17)16-19-11-3-1-4-14-15(11)21(16)7-2-8-22-14/h1,3-6,9H,2,7-8H2,(H2,18,20). The van der Waals surface area contributed by atoms with E-state index < -0.39 is 0 Å². The number of nitrogen functional groups attached to an aromatic ring is 1. The number of oxazole rings is 1. The van der Waals surface area contributed by atoms with Gasteiger partial charge in [-0.2, -0.15) is 4.98 Å². The van der Waals surface area contributed by atoms with Crippen LogP contribution in [0, 0.1) is 0 Å². The number of nitrogens with zero attached hydrogens (tertiary/aromatic N) is 3. The Bertz CT molecular complexity index is 1050. The molecule has 0 spiro atoms. The third-order valence-electron chi connectivity index (χ3n) is 4.18. The molecular formula is C17H14N4O2. The number of aryl methyl sites for hydroxylation is 1. The summed E-state index contributed by atoms with van der Waals surface area (Å²) in [4.78, 5) is 9.01. The Morgan fingerprint density at radius 2 is 2.04 bits per heavy atom. The average Bonchev–Trinajstić information content (AvgIpc) is 3.02. The highest BCUT2D eigenvalue weighted by molar-refractivity contribution is 5.88. The number of hydrogen-bond donors (Lipinski definition) is 1. The molecule has 2 N–H and O–H groups in total. The second kappa shape index (κ2) is 4.49. The maximum absolute atomic E-state index is 5.84. The van der Waals surface area contributed by atoms with E-state index >= 15 is 0 Å². The number of rotatable bonds is 1. The van der Waals surface area contributed by atoms with Crippen molar-refractivity contribution in [3.05, 3.63) is 36.4 Å². The molecule has 114 valence electrons. The Balaban J connectivity index is 1.79. The molecule has 0 saturated heterocycles. The number of ether oxygens (including phenoxy) is 1. The van der Waals surface area contributed by atoms with E-state index in [2.05, 4.69) is 9.55 Å². The van der Waals surface area contributed by atoms with Gasteiger partial charge in [-0.15, -0.1) is 0 Å². The van der Waals surface area contributed by atoms with E-state index in [-0.39, 0.29) is 6.01 Å². The van der Waals surface area contributed by atoms with Crippen LogP contribution >= 0.6 is 0 Å². The number of imidazole rings is 1. The molecule has 23 heavy (non-hydrogen) atoms. The van der Waals surface area contributed by atoms with Crippen molar-refractivity contribution in [2.45, 2.75) is 13.0 Å². The van der Waals surface area contributed by atoms with Gasteiger partial charge >= 0.3 is 0 Å². The van der Waals surface area contributed by atoms with Gasteiger partial charge in [-0.25, -0.2) is 4.98 Å². The number of fused-ring (bicyclic) bond motifs is 1. The molecule has 0 bridgehead atoms. The molecule has 1 aliphatic heterocycles. The zero-order valence-corrected chi connectivity index (χ0v) is 12.3. The van der Waals surface area contributed by atoms with Gasteiger partial charge in [-0.1, -0.05) is 6.07 Å². The van der Waals surface area contributed by atoms with Crippen LogP contribution in [-0.4, -0.2) is 21.1 Å². The zero-order chi connectivity index (χ0) is 15.4. The molecule has 0 amide bonds. The Morgan fingerprint density at radius 1 is 1.09 bits per heavy atom. The second-order valence-electron chi connectivity index (χ2n) is 5.65. The number of para-hydroxylation sites is 1. The molecule has 0 atom stereocenters. The predicted molar refractivity (Wildman–Crippen MR) is 87.3 cm³/mol. The van der Waals surface area contributed by atoms with Crippen molar-refractivity contribution < 1.29 is 9.15 Å². The molecule has 6 heteroatoms. The van der Waals surface area contributed by atoms with Gasteiger partial charge in [0, 0.05) is 12.1 Å². The number of benzene rings is 2. The lowest BCUT2D eigenvalue weighted by Crippen LogP contribution is -2.01. The van der Waals surface area contributed by atoms with Crippen molar-refractivity contribution in [3.8, 4) is 17.1 Å². The Labute approximate surface area is 131 Å². The first-order valence-corrected chi connectivity index (χ1v) is 7.58. The minimum absolute atomic E-state index is 0.180. The fourth-order valence-electron chi connectivity index (χ4n) is 3.20. The van der Waals surface area contributed by atoms with Crippen molar-refractivity contribution in [3.63, 3.8) is 0 Å². The lowest BCUT2D eigenvalue weighted by Gasteiger charge is -2.06. The summed E-state index contributed by atoms with van der Waals surface area (Å²) in [6, 6.07) is 12.0. The number of nitrogens with two attached hydrogens (primary N) is 1. The van der Waals surface area contributed by atoms with Gasteiger partial charge in [0.2, 0.25) is 0 Å². The Hall–Kier alpha value is -3.02. The SMILES string of the molecule is Nc1nc2cc(-c3nc4cccc5c4n3CCCO5)ccc2o1. The second-order valence-corrected chi connectivity index (χ2v) is 5.65. The number of anilines is 1. The summed E-state index contributed by atoms with van der Waals surface area (Å²) in [6.07, 6.45) is 0.951. The van der Waals surface area contributed by atoms with Crippen molar-refractivity contribution in [2.24, 2.45) is 0 Å². The predicted octanol–water partition coefficient (Wildman–Crippen LogP) is 3.21. The highest BCUT2D eigenvalue weighted by atomic mass is 16.5. The topological polar surface area (TPSA) is 79.1 Å². The molecule has 3 heterocycles. The van der Waals surface area contributed by atoms with Crippen LogP contribution in [0.2, 0.25) is 0 Å². The summed E-state index contributed by atoms with van der Waals surface area (Å²) >= 11 is 0. The van der Waals surface area contributed by atoms with E-state index in [1.165, 1.54) is 0 Å². The fourth-order valence-corrected chi connectivity index (χ4v) is 3.20. The molecule has 0 unspecified atom stereocenters. The lowest BCUT2D eigenvalue weighted by molar-refractivity contribution is 0.316.